The van der Waals surface area contributed by atoms with Crippen LogP contribution in [0.2, 0.25) is 0 Å². The lowest BCUT2D eigenvalue weighted by Crippen LogP contribution is -2.49. The molecular weight excluding hydrogens is 220 g/mol. The normalized spacial score (nSPS) is 22.7. The lowest BCUT2D eigenvalue weighted by atomic mass is 9.89. The minimum absolute atomic E-state index is 0.262. The second-order valence-corrected chi connectivity index (χ2v) is 6.09. The molecule has 1 aromatic rings. The molecule has 1 aliphatic rings. The van der Waals surface area contributed by atoms with Crippen LogP contribution in [0.4, 0.5) is 5.69 Å². The van der Waals surface area contributed by atoms with E-state index >= 15 is 0 Å². The van der Waals surface area contributed by atoms with Gasteiger partial charge in [-0.25, -0.2) is 0 Å². The van der Waals surface area contributed by atoms with Crippen molar-refractivity contribution in [2.24, 2.45) is 0 Å². The zero-order valence-electron chi connectivity index (χ0n) is 11.9. The Morgan fingerprint density at radius 3 is 2.61 bits per heavy atom. The number of piperidine rings is 1. The second-order valence-electron chi connectivity index (χ2n) is 6.09. The molecule has 2 rings (SSSR count). The van der Waals surface area contributed by atoms with Gasteiger partial charge in [-0.3, -0.25) is 0 Å². The molecule has 2 nitrogen and oxygen atoms in total. The second kappa shape index (κ2) is 5.75. The molecule has 0 amide bonds. The van der Waals surface area contributed by atoms with E-state index in [1.165, 1.54) is 36.9 Å². The molecule has 1 atom stereocenters. The van der Waals surface area contributed by atoms with Gasteiger partial charge in [0.2, 0.25) is 0 Å². The summed E-state index contributed by atoms with van der Waals surface area (Å²) in [7, 11) is 0. The van der Waals surface area contributed by atoms with E-state index in [0.717, 1.165) is 6.54 Å². The fraction of sp³-hybridized carbons (Fsp3) is 0.625. The van der Waals surface area contributed by atoms with Crippen LogP contribution >= 0.6 is 0 Å². The molecule has 1 heterocycles. The Morgan fingerprint density at radius 1 is 1.28 bits per heavy atom. The lowest BCUT2D eigenvalue weighted by Gasteiger charge is -2.37. The Balaban J connectivity index is 1.92. The highest BCUT2D eigenvalue weighted by molar-refractivity contribution is 5.45. The zero-order chi connectivity index (χ0) is 13.0. The Morgan fingerprint density at radius 2 is 2.00 bits per heavy atom. The van der Waals surface area contributed by atoms with Crippen molar-refractivity contribution in [1.29, 1.82) is 0 Å². The van der Waals surface area contributed by atoms with E-state index in [9.17, 15) is 0 Å². The van der Waals surface area contributed by atoms with Gasteiger partial charge in [0.05, 0.1) is 0 Å². The van der Waals surface area contributed by atoms with Crippen LogP contribution in [0.25, 0.3) is 0 Å². The summed E-state index contributed by atoms with van der Waals surface area (Å²) in [6, 6.07) is 9.54. The number of hydrogen-bond donors (Lipinski definition) is 2. The Kier molecular flexibility index (Phi) is 4.28. The van der Waals surface area contributed by atoms with Crippen molar-refractivity contribution in [2.75, 3.05) is 11.9 Å². The minimum Gasteiger partial charge on any atom is -0.382 e. The topological polar surface area (TPSA) is 24.1 Å². The Bertz CT molecular complexity index is 367. The van der Waals surface area contributed by atoms with Crippen LogP contribution in [-0.4, -0.2) is 18.1 Å². The summed E-state index contributed by atoms with van der Waals surface area (Å²) in [4.78, 5) is 0. The molecular formula is C16H26N2. The third kappa shape index (κ3) is 3.74. The molecule has 1 aliphatic heterocycles. The molecule has 0 spiro atoms. The Labute approximate surface area is 111 Å². The van der Waals surface area contributed by atoms with Crippen LogP contribution < -0.4 is 10.6 Å². The average Bonchev–Trinajstić information content (AvgIpc) is 2.31. The van der Waals surface area contributed by atoms with Gasteiger partial charge < -0.3 is 10.6 Å². The fourth-order valence-corrected chi connectivity index (χ4v) is 2.79. The molecule has 0 radical (unpaired) electrons. The van der Waals surface area contributed by atoms with Crippen molar-refractivity contribution in [2.45, 2.75) is 58.0 Å². The number of anilines is 1. The summed E-state index contributed by atoms with van der Waals surface area (Å²) < 4.78 is 0. The van der Waals surface area contributed by atoms with Gasteiger partial charge in [0.15, 0.2) is 0 Å². The van der Waals surface area contributed by atoms with E-state index in [1.807, 2.05) is 0 Å². The first kappa shape index (κ1) is 13.4. The van der Waals surface area contributed by atoms with E-state index in [1.54, 1.807) is 0 Å². The van der Waals surface area contributed by atoms with Crippen LogP contribution in [0.1, 0.15) is 45.6 Å². The molecule has 2 N–H and O–H groups in total. The number of hydrogen-bond acceptors (Lipinski definition) is 2. The monoisotopic (exact) mass is 246 g/mol. The maximum atomic E-state index is 3.67. The molecule has 0 saturated carbocycles. The van der Waals surface area contributed by atoms with Gasteiger partial charge >= 0.3 is 0 Å². The van der Waals surface area contributed by atoms with E-state index < -0.39 is 0 Å². The van der Waals surface area contributed by atoms with Gasteiger partial charge in [0.1, 0.15) is 0 Å². The van der Waals surface area contributed by atoms with Crippen molar-refractivity contribution in [1.82, 2.24) is 5.32 Å². The van der Waals surface area contributed by atoms with Crippen LogP contribution in [0.3, 0.4) is 0 Å². The highest BCUT2D eigenvalue weighted by atomic mass is 15.0. The molecule has 1 fully saturated rings. The standard InChI is InChI=1S/C16H26N2/c1-4-5-13-6-8-14(9-7-13)18-15-10-11-17-16(2,3)12-15/h6-9,15,17-18H,4-5,10-12H2,1-3H3. The number of nitrogens with one attached hydrogen (secondary N) is 2. The maximum Gasteiger partial charge on any atom is 0.0342 e. The lowest BCUT2D eigenvalue weighted by molar-refractivity contribution is 0.286. The van der Waals surface area contributed by atoms with Gasteiger partial charge in [0, 0.05) is 17.3 Å². The summed E-state index contributed by atoms with van der Waals surface area (Å²) >= 11 is 0. The molecule has 1 aromatic carbocycles. The van der Waals surface area contributed by atoms with Gasteiger partial charge in [0.25, 0.3) is 0 Å². The van der Waals surface area contributed by atoms with E-state index in [4.69, 9.17) is 0 Å². The minimum atomic E-state index is 0.262. The average molecular weight is 246 g/mol. The van der Waals surface area contributed by atoms with E-state index in [-0.39, 0.29) is 5.54 Å². The third-order valence-electron chi connectivity index (χ3n) is 3.72. The third-order valence-corrected chi connectivity index (χ3v) is 3.72. The molecule has 2 heteroatoms. The molecule has 1 unspecified atom stereocenters. The van der Waals surface area contributed by atoms with Gasteiger partial charge in [-0.15, -0.1) is 0 Å². The molecule has 1 saturated heterocycles. The molecule has 0 aromatic heterocycles. The zero-order valence-corrected chi connectivity index (χ0v) is 11.9. The highest BCUT2D eigenvalue weighted by Gasteiger charge is 2.26. The van der Waals surface area contributed by atoms with Crippen molar-refractivity contribution in [3.63, 3.8) is 0 Å². The van der Waals surface area contributed by atoms with Crippen molar-refractivity contribution >= 4 is 5.69 Å². The van der Waals surface area contributed by atoms with Gasteiger partial charge in [-0.05, 0) is 57.4 Å². The smallest absolute Gasteiger partial charge is 0.0342 e. The van der Waals surface area contributed by atoms with Crippen LogP contribution in [0.5, 0.6) is 0 Å². The molecule has 0 aliphatic carbocycles. The number of rotatable bonds is 4. The Hall–Kier alpha value is -1.02. The SMILES string of the molecule is CCCc1ccc(NC2CCNC(C)(C)C2)cc1. The summed E-state index contributed by atoms with van der Waals surface area (Å²) in [5, 5.41) is 7.23. The summed E-state index contributed by atoms with van der Waals surface area (Å²) in [6.45, 7) is 7.90. The molecule has 0 bridgehead atoms. The molecule has 100 valence electrons. The van der Waals surface area contributed by atoms with Gasteiger partial charge in [-0.2, -0.15) is 0 Å². The first-order valence-electron chi connectivity index (χ1n) is 7.19. The molecule has 18 heavy (non-hydrogen) atoms. The first-order valence-corrected chi connectivity index (χ1v) is 7.19. The number of benzene rings is 1. The fourth-order valence-electron chi connectivity index (χ4n) is 2.79. The van der Waals surface area contributed by atoms with Crippen LogP contribution in [-0.2, 0) is 6.42 Å². The van der Waals surface area contributed by atoms with Crippen molar-refractivity contribution in [3.8, 4) is 0 Å². The van der Waals surface area contributed by atoms with Crippen molar-refractivity contribution < 1.29 is 0 Å². The van der Waals surface area contributed by atoms with Crippen LogP contribution in [0, 0.1) is 0 Å². The van der Waals surface area contributed by atoms with Crippen LogP contribution in [0.15, 0.2) is 24.3 Å². The van der Waals surface area contributed by atoms with Crippen molar-refractivity contribution in [3.05, 3.63) is 29.8 Å². The predicted molar refractivity (Wildman–Crippen MR) is 79.2 cm³/mol. The van der Waals surface area contributed by atoms with E-state index in [2.05, 4.69) is 55.7 Å². The summed E-state index contributed by atoms with van der Waals surface area (Å²) in [5.74, 6) is 0. The van der Waals surface area contributed by atoms with Gasteiger partial charge in [-0.1, -0.05) is 25.5 Å². The predicted octanol–water partition coefficient (Wildman–Crippen LogP) is 3.58. The number of aryl methyl sites for hydroxylation is 1. The highest BCUT2D eigenvalue weighted by Crippen LogP contribution is 2.22. The van der Waals surface area contributed by atoms with E-state index in [0.29, 0.717) is 6.04 Å². The quantitative estimate of drug-likeness (QED) is 0.848. The summed E-state index contributed by atoms with van der Waals surface area (Å²) in [6.07, 6.45) is 4.79. The largest absolute Gasteiger partial charge is 0.382 e. The maximum absolute atomic E-state index is 3.67. The first-order chi connectivity index (χ1) is 8.59. The summed E-state index contributed by atoms with van der Waals surface area (Å²) in [5.41, 5.74) is 2.96.